The van der Waals surface area contributed by atoms with E-state index in [0.717, 1.165) is 30.3 Å². The summed E-state index contributed by atoms with van der Waals surface area (Å²) in [6.07, 6.45) is 9.93. The van der Waals surface area contributed by atoms with Gasteiger partial charge >= 0.3 is 0 Å². The first-order valence-electron chi connectivity index (χ1n) is 7.67. The predicted molar refractivity (Wildman–Crippen MR) is 80.4 cm³/mol. The SMILES string of the molecule is Cc1nc(N2CCC3(CCCCC3)CC2)ccc1N. The van der Waals surface area contributed by atoms with E-state index in [-0.39, 0.29) is 0 Å². The zero-order valence-electron chi connectivity index (χ0n) is 12.0. The maximum Gasteiger partial charge on any atom is 0.128 e. The van der Waals surface area contributed by atoms with Crippen molar-refractivity contribution in [2.75, 3.05) is 23.7 Å². The maximum absolute atomic E-state index is 5.85. The van der Waals surface area contributed by atoms with Gasteiger partial charge in [-0.05, 0) is 50.2 Å². The summed E-state index contributed by atoms with van der Waals surface area (Å²) in [5, 5.41) is 0. The minimum atomic E-state index is 0.664. The Morgan fingerprint density at radius 3 is 2.37 bits per heavy atom. The van der Waals surface area contributed by atoms with E-state index in [9.17, 15) is 0 Å². The second kappa shape index (κ2) is 5.03. The zero-order chi connectivity index (χ0) is 13.3. The Morgan fingerprint density at radius 2 is 1.74 bits per heavy atom. The molecule has 1 spiro atoms. The molecule has 3 heteroatoms. The molecule has 0 bridgehead atoms. The van der Waals surface area contributed by atoms with Crippen LogP contribution in [0.5, 0.6) is 0 Å². The molecule has 19 heavy (non-hydrogen) atoms. The van der Waals surface area contributed by atoms with Gasteiger partial charge in [0.1, 0.15) is 5.82 Å². The van der Waals surface area contributed by atoms with E-state index in [1.165, 1.54) is 44.9 Å². The molecule has 1 saturated carbocycles. The number of pyridine rings is 1. The van der Waals surface area contributed by atoms with E-state index in [0.29, 0.717) is 5.41 Å². The lowest BCUT2D eigenvalue weighted by atomic mass is 9.68. The van der Waals surface area contributed by atoms with Crippen molar-refractivity contribution in [3.8, 4) is 0 Å². The van der Waals surface area contributed by atoms with Gasteiger partial charge in [0.25, 0.3) is 0 Å². The van der Waals surface area contributed by atoms with Crippen molar-refractivity contribution in [1.29, 1.82) is 0 Å². The summed E-state index contributed by atoms with van der Waals surface area (Å²) in [4.78, 5) is 7.07. The zero-order valence-corrected chi connectivity index (χ0v) is 12.0. The molecular formula is C16H25N3. The van der Waals surface area contributed by atoms with Crippen molar-refractivity contribution in [3.63, 3.8) is 0 Å². The quantitative estimate of drug-likeness (QED) is 0.839. The minimum Gasteiger partial charge on any atom is -0.397 e. The number of hydrogen-bond donors (Lipinski definition) is 1. The molecule has 2 fully saturated rings. The molecule has 0 radical (unpaired) electrons. The lowest BCUT2D eigenvalue weighted by molar-refractivity contribution is 0.144. The number of hydrogen-bond acceptors (Lipinski definition) is 3. The molecule has 1 saturated heterocycles. The van der Waals surface area contributed by atoms with E-state index >= 15 is 0 Å². The van der Waals surface area contributed by atoms with Crippen LogP contribution in [0.4, 0.5) is 11.5 Å². The Balaban J connectivity index is 1.67. The van der Waals surface area contributed by atoms with Gasteiger partial charge in [0.15, 0.2) is 0 Å². The summed E-state index contributed by atoms with van der Waals surface area (Å²) in [6.45, 7) is 4.32. The molecule has 104 valence electrons. The maximum atomic E-state index is 5.85. The van der Waals surface area contributed by atoms with Gasteiger partial charge in [0, 0.05) is 13.1 Å². The molecule has 2 aliphatic rings. The lowest BCUT2D eigenvalue weighted by Crippen LogP contribution is -2.41. The lowest BCUT2D eigenvalue weighted by Gasteiger charge is -2.44. The van der Waals surface area contributed by atoms with E-state index in [1.807, 2.05) is 13.0 Å². The molecule has 0 atom stereocenters. The van der Waals surface area contributed by atoms with Crippen molar-refractivity contribution >= 4 is 11.5 Å². The van der Waals surface area contributed by atoms with Crippen molar-refractivity contribution in [2.45, 2.75) is 51.9 Å². The smallest absolute Gasteiger partial charge is 0.128 e. The van der Waals surface area contributed by atoms with Crippen LogP contribution < -0.4 is 10.6 Å². The number of nitrogen functional groups attached to an aromatic ring is 1. The van der Waals surface area contributed by atoms with E-state index < -0.39 is 0 Å². The summed E-state index contributed by atoms with van der Waals surface area (Å²) in [5.74, 6) is 1.11. The molecule has 1 aromatic heterocycles. The van der Waals surface area contributed by atoms with Crippen molar-refractivity contribution in [3.05, 3.63) is 17.8 Å². The van der Waals surface area contributed by atoms with Crippen LogP contribution >= 0.6 is 0 Å². The average Bonchev–Trinajstić information content (AvgIpc) is 2.44. The number of anilines is 2. The summed E-state index contributed by atoms with van der Waals surface area (Å²) in [5.41, 5.74) is 8.26. The Hall–Kier alpha value is -1.25. The first-order valence-corrected chi connectivity index (χ1v) is 7.67. The Morgan fingerprint density at radius 1 is 1.05 bits per heavy atom. The topological polar surface area (TPSA) is 42.2 Å². The summed E-state index contributed by atoms with van der Waals surface area (Å²) in [6, 6.07) is 4.06. The summed E-state index contributed by atoms with van der Waals surface area (Å²) in [7, 11) is 0. The van der Waals surface area contributed by atoms with E-state index in [4.69, 9.17) is 5.73 Å². The molecule has 3 rings (SSSR count). The standard InChI is InChI=1S/C16H25N3/c1-13-14(17)5-6-15(18-13)19-11-9-16(10-12-19)7-3-2-4-8-16/h5-6H,2-4,7-12,17H2,1H3. The second-order valence-electron chi connectivity index (χ2n) is 6.39. The van der Waals surface area contributed by atoms with Gasteiger partial charge in [-0.2, -0.15) is 0 Å². The van der Waals surface area contributed by atoms with Gasteiger partial charge in [-0.3, -0.25) is 0 Å². The fourth-order valence-electron chi connectivity index (χ4n) is 3.75. The summed E-state index contributed by atoms with van der Waals surface area (Å²) < 4.78 is 0. The minimum absolute atomic E-state index is 0.664. The van der Waals surface area contributed by atoms with Crippen LogP contribution in [0.15, 0.2) is 12.1 Å². The van der Waals surface area contributed by atoms with Crippen LogP contribution in [-0.4, -0.2) is 18.1 Å². The van der Waals surface area contributed by atoms with Crippen molar-refractivity contribution in [1.82, 2.24) is 4.98 Å². The molecule has 2 heterocycles. The monoisotopic (exact) mass is 259 g/mol. The molecule has 1 aliphatic carbocycles. The van der Waals surface area contributed by atoms with Crippen LogP contribution in [0.2, 0.25) is 0 Å². The Bertz CT molecular complexity index is 439. The number of piperidine rings is 1. The third-order valence-electron chi connectivity index (χ3n) is 5.17. The highest BCUT2D eigenvalue weighted by Crippen LogP contribution is 2.44. The van der Waals surface area contributed by atoms with Crippen LogP contribution in [0.25, 0.3) is 0 Å². The van der Waals surface area contributed by atoms with Gasteiger partial charge < -0.3 is 10.6 Å². The van der Waals surface area contributed by atoms with Gasteiger partial charge in [-0.1, -0.05) is 19.3 Å². The van der Waals surface area contributed by atoms with E-state index in [1.54, 1.807) is 0 Å². The molecule has 1 aliphatic heterocycles. The first kappa shape index (κ1) is 12.8. The highest BCUT2D eigenvalue weighted by Gasteiger charge is 2.35. The molecule has 2 N–H and O–H groups in total. The van der Waals surface area contributed by atoms with Crippen LogP contribution in [-0.2, 0) is 0 Å². The highest BCUT2D eigenvalue weighted by atomic mass is 15.2. The predicted octanol–water partition coefficient (Wildman–Crippen LogP) is 3.52. The fraction of sp³-hybridized carbons (Fsp3) is 0.688. The van der Waals surface area contributed by atoms with Gasteiger partial charge in [0.05, 0.1) is 11.4 Å². The third kappa shape index (κ3) is 2.56. The molecule has 3 nitrogen and oxygen atoms in total. The number of aryl methyl sites for hydroxylation is 1. The number of nitrogens with two attached hydrogens (primary N) is 1. The van der Waals surface area contributed by atoms with Crippen LogP contribution in [0, 0.1) is 12.3 Å². The Labute approximate surface area is 116 Å². The van der Waals surface area contributed by atoms with Crippen LogP contribution in [0.1, 0.15) is 50.6 Å². The number of aromatic nitrogens is 1. The van der Waals surface area contributed by atoms with E-state index in [2.05, 4.69) is 16.0 Å². The molecular weight excluding hydrogens is 234 g/mol. The first-order chi connectivity index (χ1) is 9.19. The van der Waals surface area contributed by atoms with Crippen LogP contribution in [0.3, 0.4) is 0 Å². The number of nitrogens with zero attached hydrogens (tertiary/aromatic N) is 2. The number of rotatable bonds is 1. The Kier molecular flexibility index (Phi) is 3.38. The third-order valence-corrected chi connectivity index (χ3v) is 5.17. The molecule has 0 unspecified atom stereocenters. The highest BCUT2D eigenvalue weighted by molar-refractivity contribution is 5.50. The van der Waals surface area contributed by atoms with Crippen molar-refractivity contribution in [2.24, 2.45) is 5.41 Å². The second-order valence-corrected chi connectivity index (χ2v) is 6.39. The normalized spacial score (nSPS) is 22.7. The van der Waals surface area contributed by atoms with Gasteiger partial charge in [-0.25, -0.2) is 4.98 Å². The van der Waals surface area contributed by atoms with Gasteiger partial charge in [0.2, 0.25) is 0 Å². The summed E-state index contributed by atoms with van der Waals surface area (Å²) >= 11 is 0. The fourth-order valence-corrected chi connectivity index (χ4v) is 3.75. The van der Waals surface area contributed by atoms with Crippen molar-refractivity contribution < 1.29 is 0 Å². The molecule has 0 aromatic carbocycles. The average molecular weight is 259 g/mol. The molecule has 0 amide bonds. The largest absolute Gasteiger partial charge is 0.397 e. The molecule has 1 aromatic rings. The van der Waals surface area contributed by atoms with Gasteiger partial charge in [-0.15, -0.1) is 0 Å².